The molecule has 36 heavy (non-hydrogen) atoms. The van der Waals surface area contributed by atoms with Crippen molar-refractivity contribution >= 4 is 28.6 Å². The first-order chi connectivity index (χ1) is 17.4. The highest BCUT2D eigenvalue weighted by Crippen LogP contribution is 2.24. The zero-order valence-corrected chi connectivity index (χ0v) is 20.4. The third-order valence-corrected chi connectivity index (χ3v) is 5.55. The SMILES string of the molecule is COC(=O)[C@@H](Nc1nc(CNC(=O)c2cccc(Oc3ccccc3)c2)nc2ccccc12)C(C)C. The Labute approximate surface area is 209 Å². The molecule has 0 saturated heterocycles. The van der Waals surface area contributed by atoms with Gasteiger partial charge in [0.2, 0.25) is 0 Å². The zero-order valence-electron chi connectivity index (χ0n) is 20.4. The Kier molecular flexibility index (Phi) is 7.75. The number of fused-ring (bicyclic) bond motifs is 1. The van der Waals surface area contributed by atoms with Crippen LogP contribution in [0.25, 0.3) is 10.9 Å². The molecule has 0 unspecified atom stereocenters. The Bertz CT molecular complexity index is 1360. The Balaban J connectivity index is 1.52. The number of hydrogen-bond donors (Lipinski definition) is 2. The maximum atomic E-state index is 12.9. The van der Waals surface area contributed by atoms with Crippen molar-refractivity contribution in [2.75, 3.05) is 12.4 Å². The van der Waals surface area contributed by atoms with Crippen LogP contribution in [0.2, 0.25) is 0 Å². The number of esters is 1. The van der Waals surface area contributed by atoms with E-state index in [2.05, 4.69) is 20.6 Å². The van der Waals surface area contributed by atoms with E-state index in [1.54, 1.807) is 24.3 Å². The van der Waals surface area contributed by atoms with Crippen LogP contribution in [0.3, 0.4) is 0 Å². The first-order valence-electron chi connectivity index (χ1n) is 11.7. The summed E-state index contributed by atoms with van der Waals surface area (Å²) in [5.74, 6) is 1.48. The summed E-state index contributed by atoms with van der Waals surface area (Å²) in [6, 6.07) is 23.2. The van der Waals surface area contributed by atoms with E-state index < -0.39 is 6.04 Å². The number of rotatable bonds is 9. The molecular weight excluding hydrogens is 456 g/mol. The first kappa shape index (κ1) is 24.7. The van der Waals surface area contributed by atoms with Gasteiger partial charge in [-0.25, -0.2) is 14.8 Å². The van der Waals surface area contributed by atoms with Crippen molar-refractivity contribution in [3.05, 3.63) is 90.3 Å². The molecule has 0 saturated carbocycles. The van der Waals surface area contributed by atoms with E-state index in [0.29, 0.717) is 34.2 Å². The van der Waals surface area contributed by atoms with E-state index in [-0.39, 0.29) is 24.3 Å². The summed E-state index contributed by atoms with van der Waals surface area (Å²) in [7, 11) is 1.36. The number of nitrogens with one attached hydrogen (secondary N) is 2. The minimum absolute atomic E-state index is 0.0280. The minimum Gasteiger partial charge on any atom is -0.467 e. The second-order valence-electron chi connectivity index (χ2n) is 8.52. The number of ether oxygens (including phenoxy) is 2. The van der Waals surface area contributed by atoms with Gasteiger partial charge in [0.05, 0.1) is 19.2 Å². The van der Waals surface area contributed by atoms with Crippen LogP contribution in [0, 0.1) is 5.92 Å². The molecular formula is C28H28N4O4. The van der Waals surface area contributed by atoms with Crippen LogP contribution in [0.1, 0.15) is 30.0 Å². The van der Waals surface area contributed by atoms with E-state index in [1.165, 1.54) is 7.11 Å². The molecule has 0 aliphatic heterocycles. The van der Waals surface area contributed by atoms with Crippen LogP contribution in [0.15, 0.2) is 78.9 Å². The van der Waals surface area contributed by atoms with Crippen molar-refractivity contribution in [3.63, 3.8) is 0 Å². The summed E-state index contributed by atoms with van der Waals surface area (Å²) in [6.07, 6.45) is 0. The predicted octanol–water partition coefficient (Wildman–Crippen LogP) is 4.96. The van der Waals surface area contributed by atoms with Gasteiger partial charge in [-0.1, -0.05) is 50.2 Å². The summed E-state index contributed by atoms with van der Waals surface area (Å²) < 4.78 is 10.8. The molecule has 1 aromatic heterocycles. The van der Waals surface area contributed by atoms with Crippen molar-refractivity contribution in [1.29, 1.82) is 0 Å². The average molecular weight is 485 g/mol. The Morgan fingerprint density at radius 2 is 1.61 bits per heavy atom. The van der Waals surface area contributed by atoms with Crippen LogP contribution in [-0.2, 0) is 16.1 Å². The van der Waals surface area contributed by atoms with E-state index in [4.69, 9.17) is 9.47 Å². The fraction of sp³-hybridized carbons (Fsp3) is 0.214. The molecule has 0 bridgehead atoms. The highest BCUT2D eigenvalue weighted by Gasteiger charge is 2.24. The average Bonchev–Trinajstić information content (AvgIpc) is 2.90. The maximum Gasteiger partial charge on any atom is 0.328 e. The smallest absolute Gasteiger partial charge is 0.328 e. The van der Waals surface area contributed by atoms with Crippen molar-refractivity contribution in [3.8, 4) is 11.5 Å². The summed E-state index contributed by atoms with van der Waals surface area (Å²) in [5, 5.41) is 6.85. The van der Waals surface area contributed by atoms with Gasteiger partial charge in [-0.15, -0.1) is 0 Å². The molecule has 184 valence electrons. The lowest BCUT2D eigenvalue weighted by atomic mass is 10.0. The number of methoxy groups -OCH3 is 1. The van der Waals surface area contributed by atoms with Gasteiger partial charge in [0.1, 0.15) is 23.4 Å². The summed E-state index contributed by atoms with van der Waals surface area (Å²) >= 11 is 0. The van der Waals surface area contributed by atoms with E-state index >= 15 is 0 Å². The topological polar surface area (TPSA) is 102 Å². The number of aromatic nitrogens is 2. The number of anilines is 1. The number of carbonyl (C=O) groups is 2. The Hall–Kier alpha value is -4.46. The fourth-order valence-corrected chi connectivity index (χ4v) is 3.67. The van der Waals surface area contributed by atoms with Gasteiger partial charge >= 0.3 is 5.97 Å². The molecule has 3 aromatic carbocycles. The van der Waals surface area contributed by atoms with E-state index in [1.807, 2.05) is 68.4 Å². The third-order valence-electron chi connectivity index (χ3n) is 5.55. The third kappa shape index (κ3) is 5.96. The largest absolute Gasteiger partial charge is 0.467 e. The van der Waals surface area contributed by atoms with Crippen molar-refractivity contribution < 1.29 is 19.1 Å². The minimum atomic E-state index is -0.580. The molecule has 8 nitrogen and oxygen atoms in total. The number of amides is 1. The summed E-state index contributed by atoms with van der Waals surface area (Å²) in [4.78, 5) is 34.4. The van der Waals surface area contributed by atoms with Crippen LogP contribution in [-0.4, -0.2) is 35.0 Å². The van der Waals surface area contributed by atoms with Gasteiger partial charge in [-0.05, 0) is 48.4 Å². The number of carbonyl (C=O) groups excluding carboxylic acids is 2. The molecule has 2 N–H and O–H groups in total. The van der Waals surface area contributed by atoms with Gasteiger partial charge in [0.15, 0.2) is 5.82 Å². The maximum absolute atomic E-state index is 12.9. The van der Waals surface area contributed by atoms with Gasteiger partial charge in [0.25, 0.3) is 5.91 Å². The molecule has 0 spiro atoms. The highest BCUT2D eigenvalue weighted by molar-refractivity contribution is 5.94. The lowest BCUT2D eigenvalue weighted by Crippen LogP contribution is -2.36. The van der Waals surface area contributed by atoms with Crippen LogP contribution in [0.4, 0.5) is 5.82 Å². The molecule has 8 heteroatoms. The predicted molar refractivity (Wildman–Crippen MR) is 138 cm³/mol. The Morgan fingerprint density at radius 3 is 2.36 bits per heavy atom. The molecule has 0 aliphatic rings. The molecule has 4 rings (SSSR count). The molecule has 1 heterocycles. The lowest BCUT2D eigenvalue weighted by molar-refractivity contribution is -0.142. The summed E-state index contributed by atoms with van der Waals surface area (Å²) in [6.45, 7) is 3.95. The monoisotopic (exact) mass is 484 g/mol. The van der Waals surface area contributed by atoms with E-state index in [9.17, 15) is 9.59 Å². The fourth-order valence-electron chi connectivity index (χ4n) is 3.67. The van der Waals surface area contributed by atoms with Crippen molar-refractivity contribution in [1.82, 2.24) is 15.3 Å². The molecule has 1 atom stereocenters. The summed E-state index contributed by atoms with van der Waals surface area (Å²) in [5.41, 5.74) is 1.15. The van der Waals surface area contributed by atoms with Crippen molar-refractivity contribution in [2.24, 2.45) is 5.92 Å². The Morgan fingerprint density at radius 1 is 0.889 bits per heavy atom. The second kappa shape index (κ2) is 11.3. The zero-order chi connectivity index (χ0) is 25.5. The second-order valence-corrected chi connectivity index (χ2v) is 8.52. The number of para-hydroxylation sites is 2. The van der Waals surface area contributed by atoms with Crippen LogP contribution < -0.4 is 15.4 Å². The van der Waals surface area contributed by atoms with Gasteiger partial charge in [-0.2, -0.15) is 0 Å². The number of nitrogens with zero attached hydrogens (tertiary/aromatic N) is 2. The quantitative estimate of drug-likeness (QED) is 0.324. The normalized spacial score (nSPS) is 11.7. The molecule has 0 fully saturated rings. The number of benzene rings is 3. The lowest BCUT2D eigenvalue weighted by Gasteiger charge is -2.21. The van der Waals surface area contributed by atoms with Crippen LogP contribution in [0.5, 0.6) is 11.5 Å². The van der Waals surface area contributed by atoms with E-state index in [0.717, 1.165) is 5.39 Å². The van der Waals surface area contributed by atoms with Crippen LogP contribution >= 0.6 is 0 Å². The van der Waals surface area contributed by atoms with Crippen molar-refractivity contribution in [2.45, 2.75) is 26.4 Å². The van der Waals surface area contributed by atoms with Gasteiger partial charge < -0.3 is 20.1 Å². The first-order valence-corrected chi connectivity index (χ1v) is 11.7. The van der Waals surface area contributed by atoms with Gasteiger partial charge in [-0.3, -0.25) is 4.79 Å². The molecule has 4 aromatic rings. The van der Waals surface area contributed by atoms with Gasteiger partial charge in [0, 0.05) is 10.9 Å². The molecule has 0 aliphatic carbocycles. The highest BCUT2D eigenvalue weighted by atomic mass is 16.5. The standard InChI is InChI=1S/C28H28N4O4/c1-18(2)25(28(34)35-3)32-26-22-14-7-8-15-23(22)30-24(31-26)17-29-27(33)19-10-9-13-21(16-19)36-20-11-5-4-6-12-20/h4-16,18,25H,17H2,1-3H3,(H,29,33)(H,30,31,32)/t25-/m0/s1. The molecule has 1 amide bonds. The molecule has 0 radical (unpaired) electrons. The number of hydrogen-bond acceptors (Lipinski definition) is 7.